The summed E-state index contributed by atoms with van der Waals surface area (Å²) in [5.41, 5.74) is 0.907. The molecule has 0 aromatic heterocycles. The maximum absolute atomic E-state index is 11.3. The summed E-state index contributed by atoms with van der Waals surface area (Å²) in [5.74, 6) is -0.125. The highest BCUT2D eigenvalue weighted by Gasteiger charge is 2.04. The first-order valence-corrected chi connectivity index (χ1v) is 4.91. The fourth-order valence-corrected chi connectivity index (χ4v) is 1.11. The van der Waals surface area contributed by atoms with Gasteiger partial charge in [0.15, 0.2) is 0 Å². The van der Waals surface area contributed by atoms with Crippen LogP contribution in [0, 0.1) is 0 Å². The van der Waals surface area contributed by atoms with Gasteiger partial charge in [-0.15, -0.1) is 0 Å². The SMILES string of the molecule is C[C@@H](CO)NC(=O)CNc1ccccc1. The van der Waals surface area contributed by atoms with Crippen molar-refractivity contribution in [1.29, 1.82) is 0 Å². The fraction of sp³-hybridized carbons (Fsp3) is 0.364. The van der Waals surface area contributed by atoms with Crippen LogP contribution in [0.4, 0.5) is 5.69 Å². The molecule has 4 nitrogen and oxygen atoms in total. The minimum atomic E-state index is -0.199. The Morgan fingerprint density at radius 1 is 1.40 bits per heavy atom. The standard InChI is InChI=1S/C11H16N2O2/c1-9(8-14)13-11(15)7-12-10-5-3-2-4-6-10/h2-6,9,12,14H,7-8H2,1H3,(H,13,15)/t9-/m0/s1. The number of benzene rings is 1. The van der Waals surface area contributed by atoms with E-state index < -0.39 is 0 Å². The predicted octanol–water partition coefficient (Wildman–Crippen LogP) is 0.595. The number of anilines is 1. The maximum atomic E-state index is 11.3. The second-order valence-electron chi connectivity index (χ2n) is 3.37. The van der Waals surface area contributed by atoms with Crippen LogP contribution < -0.4 is 10.6 Å². The van der Waals surface area contributed by atoms with Gasteiger partial charge >= 0.3 is 0 Å². The molecule has 15 heavy (non-hydrogen) atoms. The van der Waals surface area contributed by atoms with E-state index in [0.717, 1.165) is 5.69 Å². The lowest BCUT2D eigenvalue weighted by molar-refractivity contribution is -0.120. The topological polar surface area (TPSA) is 61.4 Å². The first-order chi connectivity index (χ1) is 7.22. The molecule has 0 bridgehead atoms. The van der Waals surface area contributed by atoms with E-state index in [-0.39, 0.29) is 25.1 Å². The Bertz CT molecular complexity index is 301. The van der Waals surface area contributed by atoms with Crippen molar-refractivity contribution in [2.75, 3.05) is 18.5 Å². The zero-order valence-electron chi connectivity index (χ0n) is 8.73. The molecule has 0 heterocycles. The lowest BCUT2D eigenvalue weighted by Crippen LogP contribution is -2.38. The predicted molar refractivity (Wildman–Crippen MR) is 59.6 cm³/mol. The Hall–Kier alpha value is -1.55. The molecule has 0 unspecified atom stereocenters. The lowest BCUT2D eigenvalue weighted by atomic mass is 10.3. The summed E-state index contributed by atoms with van der Waals surface area (Å²) in [6, 6.07) is 9.30. The highest BCUT2D eigenvalue weighted by atomic mass is 16.3. The summed E-state index contributed by atoms with van der Waals surface area (Å²) in [5, 5.41) is 14.4. The number of carbonyl (C=O) groups excluding carboxylic acids is 1. The Balaban J connectivity index is 2.29. The minimum absolute atomic E-state index is 0.0446. The summed E-state index contributed by atoms with van der Waals surface area (Å²) in [7, 11) is 0. The van der Waals surface area contributed by atoms with Gasteiger partial charge in [-0.2, -0.15) is 0 Å². The first-order valence-electron chi connectivity index (χ1n) is 4.91. The van der Waals surface area contributed by atoms with Crippen molar-refractivity contribution >= 4 is 11.6 Å². The number of amides is 1. The summed E-state index contributed by atoms with van der Waals surface area (Å²) in [4.78, 5) is 11.3. The van der Waals surface area contributed by atoms with Crippen molar-refractivity contribution in [3.63, 3.8) is 0 Å². The number of hydrogen-bond acceptors (Lipinski definition) is 3. The number of hydrogen-bond donors (Lipinski definition) is 3. The van der Waals surface area contributed by atoms with Crippen LogP contribution in [0.15, 0.2) is 30.3 Å². The molecular formula is C11H16N2O2. The van der Waals surface area contributed by atoms with Crippen LogP contribution in [-0.2, 0) is 4.79 Å². The molecule has 4 heteroatoms. The average molecular weight is 208 g/mol. The minimum Gasteiger partial charge on any atom is -0.394 e. The fourth-order valence-electron chi connectivity index (χ4n) is 1.11. The summed E-state index contributed by atoms with van der Waals surface area (Å²) in [6.07, 6.45) is 0. The van der Waals surface area contributed by atoms with Crippen LogP contribution in [-0.4, -0.2) is 30.2 Å². The van der Waals surface area contributed by atoms with Crippen LogP contribution in [0.5, 0.6) is 0 Å². The van der Waals surface area contributed by atoms with Crippen LogP contribution in [0.25, 0.3) is 0 Å². The van der Waals surface area contributed by atoms with Gasteiger partial charge < -0.3 is 15.7 Å². The normalized spacial score (nSPS) is 11.9. The second kappa shape index (κ2) is 6.03. The smallest absolute Gasteiger partial charge is 0.239 e. The quantitative estimate of drug-likeness (QED) is 0.664. The molecule has 1 aromatic carbocycles. The van der Waals surface area contributed by atoms with E-state index in [4.69, 9.17) is 5.11 Å². The van der Waals surface area contributed by atoms with Crippen molar-refractivity contribution < 1.29 is 9.90 Å². The molecule has 0 aliphatic rings. The van der Waals surface area contributed by atoms with Gasteiger partial charge in [0.1, 0.15) is 0 Å². The molecule has 1 aromatic rings. The van der Waals surface area contributed by atoms with Gasteiger partial charge in [0.05, 0.1) is 13.2 Å². The Labute approximate surface area is 89.3 Å². The molecule has 0 fully saturated rings. The molecule has 1 atom stereocenters. The van der Waals surface area contributed by atoms with Gasteiger partial charge in [0.25, 0.3) is 0 Å². The molecule has 1 rings (SSSR count). The van der Waals surface area contributed by atoms with E-state index in [1.807, 2.05) is 30.3 Å². The molecule has 82 valence electrons. The lowest BCUT2D eigenvalue weighted by Gasteiger charge is -2.11. The summed E-state index contributed by atoms with van der Waals surface area (Å²) >= 11 is 0. The highest BCUT2D eigenvalue weighted by Crippen LogP contribution is 2.03. The van der Waals surface area contributed by atoms with Gasteiger partial charge in [0.2, 0.25) is 5.91 Å². The van der Waals surface area contributed by atoms with Crippen molar-refractivity contribution in [2.24, 2.45) is 0 Å². The van der Waals surface area contributed by atoms with Gasteiger partial charge in [-0.25, -0.2) is 0 Å². The zero-order valence-corrected chi connectivity index (χ0v) is 8.73. The average Bonchev–Trinajstić information content (AvgIpc) is 2.27. The Kier molecular flexibility index (Phi) is 4.63. The summed E-state index contributed by atoms with van der Waals surface area (Å²) in [6.45, 7) is 1.92. The van der Waals surface area contributed by atoms with Gasteiger partial charge in [0, 0.05) is 11.7 Å². The maximum Gasteiger partial charge on any atom is 0.239 e. The third kappa shape index (κ3) is 4.46. The first kappa shape index (κ1) is 11.5. The monoisotopic (exact) mass is 208 g/mol. The van der Waals surface area contributed by atoms with E-state index in [9.17, 15) is 4.79 Å². The van der Waals surface area contributed by atoms with Crippen LogP contribution in [0.1, 0.15) is 6.92 Å². The van der Waals surface area contributed by atoms with E-state index in [2.05, 4.69) is 10.6 Å². The number of nitrogens with one attached hydrogen (secondary N) is 2. The van der Waals surface area contributed by atoms with E-state index in [1.165, 1.54) is 0 Å². The number of rotatable bonds is 5. The van der Waals surface area contributed by atoms with E-state index >= 15 is 0 Å². The third-order valence-electron chi connectivity index (χ3n) is 1.91. The molecule has 0 radical (unpaired) electrons. The second-order valence-corrected chi connectivity index (χ2v) is 3.37. The summed E-state index contributed by atoms with van der Waals surface area (Å²) < 4.78 is 0. The van der Waals surface area contributed by atoms with Gasteiger partial charge in [-0.1, -0.05) is 18.2 Å². The molecule has 3 N–H and O–H groups in total. The van der Waals surface area contributed by atoms with Crippen molar-refractivity contribution in [3.05, 3.63) is 30.3 Å². The largest absolute Gasteiger partial charge is 0.394 e. The highest BCUT2D eigenvalue weighted by molar-refractivity contribution is 5.80. The van der Waals surface area contributed by atoms with Crippen molar-refractivity contribution in [2.45, 2.75) is 13.0 Å². The molecule has 1 amide bonds. The molecule has 0 aliphatic heterocycles. The van der Waals surface area contributed by atoms with Gasteiger partial charge in [-0.3, -0.25) is 4.79 Å². The van der Waals surface area contributed by atoms with E-state index in [1.54, 1.807) is 6.92 Å². The molecule has 0 saturated heterocycles. The van der Waals surface area contributed by atoms with Gasteiger partial charge in [-0.05, 0) is 19.1 Å². The third-order valence-corrected chi connectivity index (χ3v) is 1.91. The Morgan fingerprint density at radius 3 is 2.67 bits per heavy atom. The molecule has 0 aliphatic carbocycles. The van der Waals surface area contributed by atoms with Crippen LogP contribution in [0.2, 0.25) is 0 Å². The van der Waals surface area contributed by atoms with Crippen LogP contribution >= 0.6 is 0 Å². The van der Waals surface area contributed by atoms with Crippen LogP contribution in [0.3, 0.4) is 0 Å². The molecule has 0 spiro atoms. The Morgan fingerprint density at radius 2 is 2.07 bits per heavy atom. The number of para-hydroxylation sites is 1. The molecular weight excluding hydrogens is 192 g/mol. The number of aliphatic hydroxyl groups excluding tert-OH is 1. The molecule has 0 saturated carbocycles. The zero-order chi connectivity index (χ0) is 11.1. The van der Waals surface area contributed by atoms with Crippen molar-refractivity contribution in [3.8, 4) is 0 Å². The van der Waals surface area contributed by atoms with E-state index in [0.29, 0.717) is 0 Å². The number of aliphatic hydroxyl groups is 1. The number of carbonyl (C=O) groups is 1. The van der Waals surface area contributed by atoms with Crippen molar-refractivity contribution in [1.82, 2.24) is 5.32 Å².